The van der Waals surface area contributed by atoms with E-state index in [0.29, 0.717) is 5.56 Å². The number of carbonyl (C=O) groups excluding carboxylic acids is 2. The van der Waals surface area contributed by atoms with E-state index in [0.717, 1.165) is 0 Å². The molecule has 1 aromatic rings. The van der Waals surface area contributed by atoms with Gasteiger partial charge in [-0.25, -0.2) is 4.79 Å². The molecule has 0 aliphatic rings. The highest BCUT2D eigenvalue weighted by molar-refractivity contribution is 7.80. The van der Waals surface area contributed by atoms with Gasteiger partial charge in [-0.05, 0) is 24.4 Å². The number of nitrogens with one attached hydrogen (secondary N) is 2. The number of hydrogen-bond donors (Lipinski definition) is 3. The van der Waals surface area contributed by atoms with Crippen LogP contribution >= 0.6 is 12.2 Å². The van der Waals surface area contributed by atoms with Crippen LogP contribution in [0.1, 0.15) is 10.4 Å². The van der Waals surface area contributed by atoms with Gasteiger partial charge in [0.05, 0.1) is 5.56 Å². The van der Waals surface area contributed by atoms with Crippen molar-refractivity contribution in [2.24, 2.45) is 5.73 Å². The lowest BCUT2D eigenvalue weighted by atomic mass is 10.3. The third-order valence-corrected chi connectivity index (χ3v) is 1.59. The Morgan fingerprint density at radius 2 is 2.13 bits per heavy atom. The number of nitrogens with two attached hydrogens (primary N) is 1. The Balaban J connectivity index is 2.57. The molecule has 0 bridgehead atoms. The number of amides is 3. The molecule has 0 aliphatic heterocycles. The molecule has 7 heteroatoms. The maximum atomic E-state index is 11.4. The quantitative estimate of drug-likeness (QED) is 0.574. The third kappa shape index (κ3) is 3.69. The normalized spacial score (nSPS) is 9.07. The zero-order valence-corrected chi connectivity index (χ0v) is 8.38. The lowest BCUT2D eigenvalue weighted by molar-refractivity contribution is 0.0976. The van der Waals surface area contributed by atoms with E-state index in [2.05, 4.69) is 27.8 Å². The summed E-state index contributed by atoms with van der Waals surface area (Å²) in [6, 6.07) is 2.35. The van der Waals surface area contributed by atoms with Crippen LogP contribution in [0.5, 0.6) is 0 Å². The van der Waals surface area contributed by atoms with Crippen LogP contribution in [-0.4, -0.2) is 22.0 Å². The Morgan fingerprint density at radius 3 is 2.67 bits per heavy atom. The molecule has 0 atom stereocenters. The van der Waals surface area contributed by atoms with Crippen molar-refractivity contribution in [3.05, 3.63) is 30.1 Å². The van der Waals surface area contributed by atoms with E-state index in [1.165, 1.54) is 12.4 Å². The van der Waals surface area contributed by atoms with Gasteiger partial charge >= 0.3 is 6.03 Å². The van der Waals surface area contributed by atoms with Crippen molar-refractivity contribution in [2.75, 3.05) is 0 Å². The van der Waals surface area contributed by atoms with E-state index in [1.54, 1.807) is 12.1 Å². The fourth-order valence-electron chi connectivity index (χ4n) is 0.816. The molecule has 0 fully saturated rings. The van der Waals surface area contributed by atoms with Crippen molar-refractivity contribution >= 4 is 29.3 Å². The van der Waals surface area contributed by atoms with Crippen LogP contribution in [0.3, 0.4) is 0 Å². The Kier molecular flexibility index (Phi) is 3.69. The summed E-state index contributed by atoms with van der Waals surface area (Å²) in [5.74, 6) is -0.457. The number of carbonyl (C=O) groups is 2. The summed E-state index contributed by atoms with van der Waals surface area (Å²) in [6.45, 7) is 0. The predicted molar refractivity (Wildman–Crippen MR) is 57.0 cm³/mol. The van der Waals surface area contributed by atoms with Gasteiger partial charge in [-0.2, -0.15) is 0 Å². The van der Waals surface area contributed by atoms with Crippen LogP contribution in [0.2, 0.25) is 0 Å². The molecule has 1 aromatic heterocycles. The van der Waals surface area contributed by atoms with E-state index in [9.17, 15) is 9.59 Å². The monoisotopic (exact) mass is 224 g/mol. The van der Waals surface area contributed by atoms with E-state index < -0.39 is 11.9 Å². The number of rotatable bonds is 1. The molecule has 0 aliphatic carbocycles. The van der Waals surface area contributed by atoms with Crippen molar-refractivity contribution < 1.29 is 9.59 Å². The van der Waals surface area contributed by atoms with Gasteiger partial charge in [0.2, 0.25) is 0 Å². The first-order chi connectivity index (χ1) is 7.09. The fraction of sp³-hybridized carbons (Fsp3) is 0. The van der Waals surface area contributed by atoms with Crippen LogP contribution in [-0.2, 0) is 0 Å². The van der Waals surface area contributed by atoms with Gasteiger partial charge in [0.1, 0.15) is 0 Å². The second kappa shape index (κ2) is 5.01. The smallest absolute Gasteiger partial charge is 0.318 e. The average Bonchev–Trinajstić information content (AvgIpc) is 2.17. The van der Waals surface area contributed by atoms with Gasteiger partial charge in [-0.3, -0.25) is 20.4 Å². The molecule has 1 rings (SSSR count). The summed E-state index contributed by atoms with van der Waals surface area (Å²) in [5.41, 5.74) is 5.15. The van der Waals surface area contributed by atoms with Gasteiger partial charge in [0, 0.05) is 12.4 Å². The minimum Gasteiger partial charge on any atom is -0.351 e. The van der Waals surface area contributed by atoms with Crippen molar-refractivity contribution in [3.63, 3.8) is 0 Å². The maximum absolute atomic E-state index is 11.4. The molecule has 78 valence electrons. The Labute approximate surface area is 90.9 Å². The molecule has 0 spiro atoms. The zero-order chi connectivity index (χ0) is 11.3. The number of urea groups is 1. The minimum atomic E-state index is -0.827. The number of primary amides is 1. The lowest BCUT2D eigenvalue weighted by Gasteiger charge is -2.05. The largest absolute Gasteiger partial charge is 0.351 e. The number of hydrogen-bond acceptors (Lipinski definition) is 4. The molecule has 15 heavy (non-hydrogen) atoms. The van der Waals surface area contributed by atoms with E-state index in [1.807, 2.05) is 0 Å². The van der Waals surface area contributed by atoms with Crippen LogP contribution in [0.15, 0.2) is 24.5 Å². The van der Waals surface area contributed by atoms with Gasteiger partial charge < -0.3 is 5.73 Å². The van der Waals surface area contributed by atoms with E-state index in [-0.39, 0.29) is 5.11 Å². The molecule has 1 heterocycles. The maximum Gasteiger partial charge on any atom is 0.318 e. The Morgan fingerprint density at radius 1 is 1.40 bits per heavy atom. The highest BCUT2D eigenvalue weighted by Gasteiger charge is 2.07. The van der Waals surface area contributed by atoms with Gasteiger partial charge in [0.25, 0.3) is 5.91 Å². The molecule has 0 saturated carbocycles. The first-order valence-electron chi connectivity index (χ1n) is 3.91. The van der Waals surface area contributed by atoms with Crippen molar-refractivity contribution in [1.29, 1.82) is 0 Å². The molecule has 0 radical (unpaired) electrons. The van der Waals surface area contributed by atoms with Crippen LogP contribution < -0.4 is 16.4 Å². The summed E-state index contributed by atoms with van der Waals surface area (Å²) in [4.78, 5) is 25.6. The van der Waals surface area contributed by atoms with Crippen LogP contribution in [0.4, 0.5) is 4.79 Å². The summed E-state index contributed by atoms with van der Waals surface area (Å²) in [5, 5.41) is 4.19. The SMILES string of the molecule is NC(=O)NC(=S)NC(=O)c1cccnc1. The molecular weight excluding hydrogens is 216 g/mol. The highest BCUT2D eigenvalue weighted by Crippen LogP contribution is 1.94. The second-order valence-corrected chi connectivity index (χ2v) is 2.92. The molecule has 0 unspecified atom stereocenters. The Hall–Kier alpha value is -2.02. The van der Waals surface area contributed by atoms with Crippen molar-refractivity contribution in [3.8, 4) is 0 Å². The molecule has 6 nitrogen and oxygen atoms in total. The molecular formula is C8H8N4O2S. The molecule has 4 N–H and O–H groups in total. The van der Waals surface area contributed by atoms with E-state index >= 15 is 0 Å². The topological polar surface area (TPSA) is 97.1 Å². The van der Waals surface area contributed by atoms with Gasteiger partial charge in [-0.1, -0.05) is 0 Å². The standard InChI is InChI=1S/C8H8N4O2S/c9-7(14)12-8(15)11-6(13)5-2-1-3-10-4-5/h1-4H,(H4,9,11,12,13,14,15). The molecule has 0 saturated heterocycles. The van der Waals surface area contributed by atoms with Gasteiger partial charge in [-0.15, -0.1) is 0 Å². The third-order valence-electron chi connectivity index (χ3n) is 1.39. The van der Waals surface area contributed by atoms with Crippen LogP contribution in [0, 0.1) is 0 Å². The summed E-state index contributed by atoms with van der Waals surface area (Å²) in [6.07, 6.45) is 2.92. The average molecular weight is 224 g/mol. The number of thiocarbonyl (C=S) groups is 1. The highest BCUT2D eigenvalue weighted by atomic mass is 32.1. The predicted octanol–water partition coefficient (Wildman–Crippen LogP) is -0.235. The summed E-state index contributed by atoms with van der Waals surface area (Å²) < 4.78 is 0. The fourth-order valence-corrected chi connectivity index (χ4v) is 1.01. The van der Waals surface area contributed by atoms with Crippen LogP contribution in [0.25, 0.3) is 0 Å². The van der Waals surface area contributed by atoms with Crippen molar-refractivity contribution in [2.45, 2.75) is 0 Å². The molecule has 3 amide bonds. The van der Waals surface area contributed by atoms with Gasteiger partial charge in [0.15, 0.2) is 5.11 Å². The zero-order valence-electron chi connectivity index (χ0n) is 7.56. The number of aromatic nitrogens is 1. The minimum absolute atomic E-state index is 0.142. The first-order valence-corrected chi connectivity index (χ1v) is 4.32. The number of nitrogens with zero attached hydrogens (tertiary/aromatic N) is 1. The Bertz CT molecular complexity index is 393. The summed E-state index contributed by atoms with van der Waals surface area (Å²) >= 11 is 4.64. The summed E-state index contributed by atoms with van der Waals surface area (Å²) in [7, 11) is 0. The number of pyridine rings is 1. The lowest BCUT2D eigenvalue weighted by Crippen LogP contribution is -2.44. The molecule has 0 aromatic carbocycles. The van der Waals surface area contributed by atoms with E-state index in [4.69, 9.17) is 5.73 Å². The van der Waals surface area contributed by atoms with Crippen molar-refractivity contribution in [1.82, 2.24) is 15.6 Å². The second-order valence-electron chi connectivity index (χ2n) is 2.51. The first kappa shape index (κ1) is 11.1.